The van der Waals surface area contributed by atoms with E-state index in [9.17, 15) is 9.18 Å². The van der Waals surface area contributed by atoms with Crippen LogP contribution in [0.5, 0.6) is 0 Å². The second kappa shape index (κ2) is 7.46. The van der Waals surface area contributed by atoms with Crippen molar-refractivity contribution in [1.29, 1.82) is 0 Å². The van der Waals surface area contributed by atoms with E-state index in [2.05, 4.69) is 29.3 Å². The van der Waals surface area contributed by atoms with E-state index in [1.807, 2.05) is 24.3 Å². The SMILES string of the molecule is CCN(CC)c1ccc2cc(C3=NNC(c4ccc(F)cc4)C3)c(=O)oc2c1. The number of benzene rings is 2. The zero-order valence-electron chi connectivity index (χ0n) is 15.9. The molecule has 6 heteroatoms. The molecule has 144 valence electrons. The van der Waals surface area contributed by atoms with Gasteiger partial charge in [-0.05, 0) is 49.7 Å². The van der Waals surface area contributed by atoms with Gasteiger partial charge >= 0.3 is 5.63 Å². The molecule has 4 rings (SSSR count). The van der Waals surface area contributed by atoms with Crippen molar-refractivity contribution in [3.8, 4) is 0 Å². The average Bonchev–Trinajstić information content (AvgIpc) is 3.19. The van der Waals surface area contributed by atoms with Gasteiger partial charge in [-0.3, -0.25) is 0 Å². The van der Waals surface area contributed by atoms with E-state index in [0.717, 1.165) is 29.7 Å². The second-order valence-electron chi connectivity index (χ2n) is 6.84. The van der Waals surface area contributed by atoms with Gasteiger partial charge < -0.3 is 14.7 Å². The molecular weight excluding hydrogens is 357 g/mol. The summed E-state index contributed by atoms with van der Waals surface area (Å²) in [5, 5.41) is 5.19. The summed E-state index contributed by atoms with van der Waals surface area (Å²) >= 11 is 0. The molecule has 5 nitrogen and oxygen atoms in total. The maximum atomic E-state index is 13.1. The number of nitrogens with one attached hydrogen (secondary N) is 1. The van der Waals surface area contributed by atoms with Gasteiger partial charge in [-0.15, -0.1) is 0 Å². The summed E-state index contributed by atoms with van der Waals surface area (Å²) in [6.45, 7) is 5.96. The molecule has 0 fully saturated rings. The summed E-state index contributed by atoms with van der Waals surface area (Å²) < 4.78 is 18.7. The van der Waals surface area contributed by atoms with E-state index in [4.69, 9.17) is 4.42 Å². The Morgan fingerprint density at radius 2 is 1.89 bits per heavy atom. The topological polar surface area (TPSA) is 57.8 Å². The molecule has 1 atom stereocenters. The first-order valence-corrected chi connectivity index (χ1v) is 9.49. The van der Waals surface area contributed by atoms with E-state index in [0.29, 0.717) is 23.3 Å². The lowest BCUT2D eigenvalue weighted by Crippen LogP contribution is -2.21. The molecule has 1 aliphatic heterocycles. The van der Waals surface area contributed by atoms with Gasteiger partial charge in [0, 0.05) is 36.7 Å². The predicted molar refractivity (Wildman–Crippen MR) is 109 cm³/mol. The van der Waals surface area contributed by atoms with Crippen LogP contribution in [0.1, 0.15) is 37.4 Å². The number of hydrogen-bond acceptors (Lipinski definition) is 5. The van der Waals surface area contributed by atoms with Crippen LogP contribution in [0.3, 0.4) is 0 Å². The Hall–Kier alpha value is -3.15. The van der Waals surface area contributed by atoms with Crippen LogP contribution in [-0.2, 0) is 0 Å². The number of nitrogens with zero attached hydrogens (tertiary/aromatic N) is 2. The van der Waals surface area contributed by atoms with Crippen LogP contribution in [0.25, 0.3) is 11.0 Å². The van der Waals surface area contributed by atoms with Gasteiger partial charge in [0.25, 0.3) is 0 Å². The zero-order chi connectivity index (χ0) is 19.7. The largest absolute Gasteiger partial charge is 0.422 e. The molecule has 1 unspecified atom stereocenters. The summed E-state index contributed by atoms with van der Waals surface area (Å²) in [6, 6.07) is 14.0. The molecule has 2 heterocycles. The molecule has 0 bridgehead atoms. The van der Waals surface area contributed by atoms with Crippen LogP contribution < -0.4 is 16.0 Å². The Morgan fingerprint density at radius 3 is 2.61 bits per heavy atom. The van der Waals surface area contributed by atoms with Gasteiger partial charge in [-0.2, -0.15) is 5.10 Å². The van der Waals surface area contributed by atoms with Crippen molar-refractivity contribution in [3.05, 3.63) is 75.9 Å². The molecule has 0 spiro atoms. The smallest absolute Gasteiger partial charge is 0.345 e. The third-order valence-electron chi connectivity index (χ3n) is 5.18. The number of anilines is 1. The Morgan fingerprint density at radius 1 is 1.14 bits per heavy atom. The van der Waals surface area contributed by atoms with Gasteiger partial charge in [-0.1, -0.05) is 12.1 Å². The summed E-state index contributed by atoms with van der Waals surface area (Å²) in [5.74, 6) is -0.276. The molecule has 1 aromatic heterocycles. The number of rotatable bonds is 5. The molecule has 28 heavy (non-hydrogen) atoms. The molecular formula is C22H22FN3O2. The fraction of sp³-hybridized carbons (Fsp3) is 0.273. The average molecular weight is 379 g/mol. The van der Waals surface area contributed by atoms with Crippen LogP contribution in [0.15, 0.2) is 62.8 Å². The number of hydrogen-bond donors (Lipinski definition) is 1. The number of hydrazone groups is 1. The molecule has 3 aromatic rings. The Balaban J connectivity index is 1.62. The highest BCUT2D eigenvalue weighted by atomic mass is 19.1. The van der Waals surface area contributed by atoms with E-state index in [-0.39, 0.29) is 11.9 Å². The molecule has 0 saturated carbocycles. The van der Waals surface area contributed by atoms with Crippen molar-refractivity contribution in [2.24, 2.45) is 5.10 Å². The third-order valence-corrected chi connectivity index (χ3v) is 5.18. The number of halogens is 1. The van der Waals surface area contributed by atoms with Crippen molar-refractivity contribution in [1.82, 2.24) is 5.43 Å². The maximum absolute atomic E-state index is 13.1. The minimum atomic E-state index is -0.399. The highest BCUT2D eigenvalue weighted by Crippen LogP contribution is 2.26. The quantitative estimate of drug-likeness (QED) is 0.675. The monoisotopic (exact) mass is 379 g/mol. The van der Waals surface area contributed by atoms with E-state index >= 15 is 0 Å². The van der Waals surface area contributed by atoms with Gasteiger partial charge in [0.1, 0.15) is 11.4 Å². The van der Waals surface area contributed by atoms with Crippen molar-refractivity contribution < 1.29 is 8.81 Å². The van der Waals surface area contributed by atoms with Crippen molar-refractivity contribution in [2.75, 3.05) is 18.0 Å². The number of fused-ring (bicyclic) bond motifs is 1. The fourth-order valence-corrected chi connectivity index (χ4v) is 3.58. The summed E-state index contributed by atoms with van der Waals surface area (Å²) in [5.41, 5.74) is 6.27. The Labute approximate surface area is 162 Å². The molecule has 1 N–H and O–H groups in total. The first kappa shape index (κ1) is 18.2. The highest BCUT2D eigenvalue weighted by molar-refractivity contribution is 6.03. The summed E-state index contributed by atoms with van der Waals surface area (Å²) in [6.07, 6.45) is 0.541. The first-order chi connectivity index (χ1) is 13.6. The Kier molecular flexibility index (Phi) is 4.86. The van der Waals surface area contributed by atoms with Crippen molar-refractivity contribution >= 4 is 22.4 Å². The Bertz CT molecular complexity index is 1090. The van der Waals surface area contributed by atoms with Crippen LogP contribution in [0.2, 0.25) is 0 Å². The lowest BCUT2D eigenvalue weighted by molar-refractivity contribution is 0.559. The highest BCUT2D eigenvalue weighted by Gasteiger charge is 2.24. The van der Waals surface area contributed by atoms with E-state index < -0.39 is 5.63 Å². The first-order valence-electron chi connectivity index (χ1n) is 9.49. The van der Waals surface area contributed by atoms with Crippen molar-refractivity contribution in [3.63, 3.8) is 0 Å². The standard InChI is InChI=1S/C22H22FN3O2/c1-3-26(4-2)17-10-7-15-11-18(22(27)28-21(15)12-17)20-13-19(24-25-20)14-5-8-16(23)9-6-14/h5-12,19,24H,3-4,13H2,1-2H3. The summed E-state index contributed by atoms with van der Waals surface area (Å²) in [4.78, 5) is 14.8. The fourth-order valence-electron chi connectivity index (χ4n) is 3.58. The van der Waals surface area contributed by atoms with Gasteiger partial charge in [-0.25, -0.2) is 9.18 Å². The minimum absolute atomic E-state index is 0.0873. The van der Waals surface area contributed by atoms with E-state index in [1.54, 1.807) is 12.1 Å². The molecule has 0 saturated heterocycles. The van der Waals surface area contributed by atoms with Crippen LogP contribution in [0, 0.1) is 5.82 Å². The van der Waals surface area contributed by atoms with Gasteiger partial charge in [0.05, 0.1) is 17.3 Å². The summed E-state index contributed by atoms with van der Waals surface area (Å²) in [7, 11) is 0. The minimum Gasteiger partial charge on any atom is -0.422 e. The molecule has 0 radical (unpaired) electrons. The third kappa shape index (κ3) is 3.38. The van der Waals surface area contributed by atoms with Gasteiger partial charge in [0.15, 0.2) is 0 Å². The maximum Gasteiger partial charge on any atom is 0.345 e. The molecule has 1 aliphatic rings. The van der Waals surface area contributed by atoms with Crippen LogP contribution in [-0.4, -0.2) is 18.8 Å². The van der Waals surface area contributed by atoms with Crippen LogP contribution in [0.4, 0.5) is 10.1 Å². The zero-order valence-corrected chi connectivity index (χ0v) is 15.9. The lowest BCUT2D eigenvalue weighted by Gasteiger charge is -2.21. The molecule has 0 amide bonds. The molecule has 0 aliphatic carbocycles. The van der Waals surface area contributed by atoms with E-state index in [1.165, 1.54) is 12.1 Å². The van der Waals surface area contributed by atoms with Gasteiger partial charge in [0.2, 0.25) is 0 Å². The second-order valence-corrected chi connectivity index (χ2v) is 6.84. The normalized spacial score (nSPS) is 16.1. The van der Waals surface area contributed by atoms with Crippen LogP contribution >= 0.6 is 0 Å². The lowest BCUT2D eigenvalue weighted by atomic mass is 9.99. The predicted octanol–water partition coefficient (Wildman–Crippen LogP) is 4.22. The molecule has 2 aromatic carbocycles. The van der Waals surface area contributed by atoms with Crippen molar-refractivity contribution in [2.45, 2.75) is 26.3 Å².